The molecule has 0 fully saturated rings. The third-order valence-electron chi connectivity index (χ3n) is 1.71. The van der Waals surface area contributed by atoms with E-state index in [2.05, 4.69) is 4.74 Å². The zero-order valence-electron chi connectivity index (χ0n) is 8.92. The van der Waals surface area contributed by atoms with Crippen LogP contribution in [0.2, 0.25) is 5.02 Å². The summed E-state index contributed by atoms with van der Waals surface area (Å²) >= 11 is 5.74. The van der Waals surface area contributed by atoms with Gasteiger partial charge in [-0.25, -0.2) is 0 Å². The van der Waals surface area contributed by atoms with Crippen molar-refractivity contribution in [2.75, 3.05) is 6.61 Å². The van der Waals surface area contributed by atoms with Crippen molar-refractivity contribution < 1.29 is 22.6 Å². The van der Waals surface area contributed by atoms with Crippen molar-refractivity contribution in [2.24, 2.45) is 0 Å². The highest BCUT2D eigenvalue weighted by Crippen LogP contribution is 2.31. The monoisotopic (exact) mass is 266 g/mol. The summed E-state index contributed by atoms with van der Waals surface area (Å²) in [6, 6.07) is 3.53. The first kappa shape index (κ1) is 13.7. The van der Waals surface area contributed by atoms with Crippen molar-refractivity contribution in [3.8, 4) is 11.5 Å². The number of allylic oxidation sites excluding steroid dienone is 1. The molecule has 0 saturated carbocycles. The molecule has 0 amide bonds. The van der Waals surface area contributed by atoms with Gasteiger partial charge in [-0.05, 0) is 19.1 Å². The van der Waals surface area contributed by atoms with Crippen LogP contribution >= 0.6 is 11.6 Å². The first-order chi connectivity index (χ1) is 7.92. The summed E-state index contributed by atoms with van der Waals surface area (Å²) in [7, 11) is 0. The zero-order chi connectivity index (χ0) is 12.9. The van der Waals surface area contributed by atoms with E-state index in [-0.39, 0.29) is 10.8 Å². The van der Waals surface area contributed by atoms with Crippen molar-refractivity contribution >= 4 is 11.6 Å². The van der Waals surface area contributed by atoms with E-state index in [1.807, 2.05) is 6.92 Å². The third-order valence-corrected chi connectivity index (χ3v) is 2.00. The van der Waals surface area contributed by atoms with Crippen molar-refractivity contribution in [2.45, 2.75) is 13.3 Å². The summed E-state index contributed by atoms with van der Waals surface area (Å²) in [6.07, 6.45) is -1.19. The number of benzene rings is 1. The molecule has 0 aliphatic rings. The highest BCUT2D eigenvalue weighted by Gasteiger charge is 2.31. The Kier molecular flexibility index (Phi) is 4.69. The van der Waals surface area contributed by atoms with Crippen LogP contribution < -0.4 is 9.47 Å². The molecule has 0 spiro atoms. The van der Waals surface area contributed by atoms with Crippen LogP contribution in [0.1, 0.15) is 6.92 Å². The topological polar surface area (TPSA) is 18.5 Å². The Hall–Kier alpha value is -1.36. The van der Waals surface area contributed by atoms with Gasteiger partial charge < -0.3 is 9.47 Å². The second kappa shape index (κ2) is 5.82. The number of halogens is 4. The summed E-state index contributed by atoms with van der Waals surface area (Å²) in [5.41, 5.74) is 0. The molecular formula is C11H10ClF3O2. The zero-order valence-corrected chi connectivity index (χ0v) is 9.68. The molecule has 94 valence electrons. The van der Waals surface area contributed by atoms with E-state index in [4.69, 9.17) is 16.3 Å². The molecule has 0 unspecified atom stereocenters. The van der Waals surface area contributed by atoms with Crippen LogP contribution in [0.25, 0.3) is 0 Å². The summed E-state index contributed by atoms with van der Waals surface area (Å²) in [5, 5.41) is 0.0660. The predicted molar refractivity (Wildman–Crippen MR) is 58.4 cm³/mol. The summed E-state index contributed by atoms with van der Waals surface area (Å²) in [6.45, 7) is 2.13. The first-order valence-electron chi connectivity index (χ1n) is 4.71. The third kappa shape index (κ3) is 4.99. The Morgan fingerprint density at radius 3 is 2.59 bits per heavy atom. The van der Waals surface area contributed by atoms with Crippen LogP contribution in [0.15, 0.2) is 30.4 Å². The molecular weight excluding hydrogens is 257 g/mol. The van der Waals surface area contributed by atoms with Crippen LogP contribution in [0.4, 0.5) is 13.2 Å². The van der Waals surface area contributed by atoms with Crippen LogP contribution in [-0.4, -0.2) is 13.0 Å². The van der Waals surface area contributed by atoms with E-state index >= 15 is 0 Å². The minimum absolute atomic E-state index is 0.0660. The molecule has 1 rings (SSSR count). The van der Waals surface area contributed by atoms with Crippen molar-refractivity contribution in [3.63, 3.8) is 0 Å². The van der Waals surface area contributed by atoms with E-state index in [9.17, 15) is 13.2 Å². The highest BCUT2D eigenvalue weighted by molar-refractivity contribution is 6.32. The molecule has 6 heteroatoms. The predicted octanol–water partition coefficient (Wildman–Crippen LogP) is 4.19. The van der Waals surface area contributed by atoms with Gasteiger partial charge in [0.25, 0.3) is 0 Å². The van der Waals surface area contributed by atoms with Gasteiger partial charge in [-0.2, -0.15) is 0 Å². The lowest BCUT2D eigenvalue weighted by Gasteiger charge is -2.11. The summed E-state index contributed by atoms with van der Waals surface area (Å²) < 4.78 is 44.7. The van der Waals surface area contributed by atoms with E-state index in [0.717, 1.165) is 12.1 Å². The molecule has 0 heterocycles. The first-order valence-corrected chi connectivity index (χ1v) is 5.09. The van der Waals surface area contributed by atoms with Crippen LogP contribution in [0.5, 0.6) is 11.5 Å². The smallest absolute Gasteiger partial charge is 0.488 e. The van der Waals surface area contributed by atoms with Gasteiger partial charge in [-0.1, -0.05) is 23.8 Å². The second-order valence-corrected chi connectivity index (χ2v) is 3.43. The van der Waals surface area contributed by atoms with Gasteiger partial charge in [0.05, 0.1) is 5.02 Å². The normalized spacial score (nSPS) is 11.8. The highest BCUT2D eigenvalue weighted by atomic mass is 35.5. The molecule has 0 N–H and O–H groups in total. The Labute approximate surface area is 102 Å². The average Bonchev–Trinajstić information content (AvgIpc) is 2.19. The number of alkyl halides is 3. The lowest BCUT2D eigenvalue weighted by atomic mass is 10.3. The van der Waals surface area contributed by atoms with Gasteiger partial charge in [-0.3, -0.25) is 0 Å². The van der Waals surface area contributed by atoms with Crippen LogP contribution in [0, 0.1) is 0 Å². The lowest BCUT2D eigenvalue weighted by Crippen LogP contribution is -2.17. The molecule has 0 saturated heterocycles. The fourth-order valence-corrected chi connectivity index (χ4v) is 1.25. The molecule has 0 aliphatic heterocycles. The fraction of sp³-hybridized carbons (Fsp3) is 0.273. The Balaban J connectivity index is 2.72. The summed E-state index contributed by atoms with van der Waals surface area (Å²) in [4.78, 5) is 0. The Bertz CT molecular complexity index is 402. The number of ether oxygens (including phenoxy) is 2. The standard InChI is InChI=1S/C11H10ClF3O2/c1-2-3-6-16-10-5-4-8(7-9(10)12)17-11(13,14)15/h2-5,7H,6H2,1H3. The number of hydrogen-bond acceptors (Lipinski definition) is 2. The van der Waals surface area contributed by atoms with Gasteiger partial charge in [-0.15, -0.1) is 13.2 Å². The maximum atomic E-state index is 11.9. The molecule has 0 atom stereocenters. The van der Waals surface area contributed by atoms with Crippen molar-refractivity contribution in [1.29, 1.82) is 0 Å². The van der Waals surface area contributed by atoms with E-state index < -0.39 is 6.36 Å². The molecule has 0 radical (unpaired) electrons. The van der Waals surface area contributed by atoms with Crippen molar-refractivity contribution in [1.82, 2.24) is 0 Å². The minimum Gasteiger partial charge on any atom is -0.488 e. The van der Waals surface area contributed by atoms with Gasteiger partial charge in [0.2, 0.25) is 0 Å². The lowest BCUT2D eigenvalue weighted by molar-refractivity contribution is -0.274. The molecule has 1 aromatic carbocycles. The molecule has 2 nitrogen and oxygen atoms in total. The maximum absolute atomic E-state index is 11.9. The Morgan fingerprint density at radius 2 is 2.06 bits per heavy atom. The second-order valence-electron chi connectivity index (χ2n) is 3.02. The minimum atomic E-state index is -4.73. The largest absolute Gasteiger partial charge is 0.573 e. The van der Waals surface area contributed by atoms with Crippen molar-refractivity contribution in [3.05, 3.63) is 35.4 Å². The van der Waals surface area contributed by atoms with E-state index in [0.29, 0.717) is 12.4 Å². The van der Waals surface area contributed by atoms with Gasteiger partial charge >= 0.3 is 6.36 Å². The van der Waals surface area contributed by atoms with Crippen LogP contribution in [0.3, 0.4) is 0 Å². The average molecular weight is 267 g/mol. The quantitative estimate of drug-likeness (QED) is 0.761. The van der Waals surface area contributed by atoms with Gasteiger partial charge in [0, 0.05) is 6.07 Å². The molecule has 0 aromatic heterocycles. The number of hydrogen-bond donors (Lipinski definition) is 0. The van der Waals surface area contributed by atoms with E-state index in [1.165, 1.54) is 6.07 Å². The maximum Gasteiger partial charge on any atom is 0.573 e. The number of rotatable bonds is 4. The summed E-state index contributed by atoms with van der Waals surface area (Å²) in [5.74, 6) is -0.0693. The SMILES string of the molecule is CC=CCOc1ccc(OC(F)(F)F)cc1Cl. The van der Waals surface area contributed by atoms with E-state index in [1.54, 1.807) is 12.2 Å². The molecule has 0 bridgehead atoms. The van der Waals surface area contributed by atoms with Crippen LogP contribution in [-0.2, 0) is 0 Å². The molecule has 17 heavy (non-hydrogen) atoms. The molecule has 1 aromatic rings. The van der Waals surface area contributed by atoms with Gasteiger partial charge in [0.15, 0.2) is 0 Å². The Morgan fingerprint density at radius 1 is 1.35 bits per heavy atom. The molecule has 0 aliphatic carbocycles. The van der Waals surface area contributed by atoms with Gasteiger partial charge in [0.1, 0.15) is 18.1 Å². The fourth-order valence-electron chi connectivity index (χ4n) is 1.03.